The van der Waals surface area contributed by atoms with E-state index in [-0.39, 0.29) is 5.91 Å². The maximum atomic E-state index is 11.0. The lowest BCUT2D eigenvalue weighted by molar-refractivity contribution is -0.112. The Morgan fingerprint density at radius 3 is 2.09 bits per heavy atom. The van der Waals surface area contributed by atoms with E-state index in [2.05, 4.69) is 33.5 Å². The molecule has 7 nitrogen and oxygen atoms in total. The topological polar surface area (TPSA) is 97.4 Å². The maximum absolute atomic E-state index is 11.0. The van der Waals surface area contributed by atoms with Gasteiger partial charge in [0.1, 0.15) is 24.2 Å². The van der Waals surface area contributed by atoms with E-state index in [0.717, 1.165) is 6.08 Å². The molecule has 0 unspecified atom stereocenters. The van der Waals surface area contributed by atoms with Gasteiger partial charge in [0.15, 0.2) is 0 Å². The van der Waals surface area contributed by atoms with E-state index in [0.29, 0.717) is 29.8 Å². The van der Waals surface area contributed by atoms with Crippen LogP contribution in [0.3, 0.4) is 0 Å². The minimum absolute atomic E-state index is 0.314. The van der Waals surface area contributed by atoms with Crippen LogP contribution >= 0.6 is 0 Å². The number of aromatic nitrogens is 1. The van der Waals surface area contributed by atoms with E-state index in [4.69, 9.17) is 4.79 Å². The fourth-order valence-electron chi connectivity index (χ4n) is 0.989. The molecule has 1 rings (SSSR count). The number of amides is 1. The van der Waals surface area contributed by atoms with Crippen molar-refractivity contribution in [1.29, 1.82) is 0 Å². The van der Waals surface area contributed by atoms with Gasteiger partial charge in [-0.05, 0) is 24.3 Å². The van der Waals surface area contributed by atoms with Crippen molar-refractivity contribution in [2.24, 2.45) is 0 Å². The molecule has 1 heterocycles. The summed E-state index contributed by atoms with van der Waals surface area (Å²) in [6.45, 7) is 6.43. The Bertz CT molecular complexity index is 496. The van der Waals surface area contributed by atoms with Crippen molar-refractivity contribution in [3.8, 4) is 0 Å². The highest BCUT2D eigenvalue weighted by molar-refractivity contribution is 5.98. The van der Waals surface area contributed by atoms with Gasteiger partial charge in [-0.1, -0.05) is 13.2 Å². The summed E-state index contributed by atoms with van der Waals surface area (Å²) in [5, 5.41) is 5.26. The summed E-state index contributed by atoms with van der Waals surface area (Å²) in [6.07, 6.45) is 3.65. The van der Waals surface area contributed by atoms with E-state index < -0.39 is 0 Å². The van der Waals surface area contributed by atoms with E-state index in [1.165, 1.54) is 12.1 Å². The summed E-state index contributed by atoms with van der Waals surface area (Å²) in [5.74, 6) is 0.459. The number of carbonyl (C=O) groups is 3. The first-order chi connectivity index (χ1) is 10.5. The number of nitrogens with one attached hydrogen (secondary N) is 2. The predicted molar refractivity (Wildman–Crippen MR) is 87.2 cm³/mol. The van der Waals surface area contributed by atoms with E-state index in [9.17, 15) is 9.59 Å². The van der Waals surface area contributed by atoms with Crippen LogP contribution in [0.2, 0.25) is 0 Å². The molecule has 0 atom stereocenters. The Morgan fingerprint density at radius 1 is 1.23 bits per heavy atom. The average molecular weight is 307 g/mol. The number of nitrogens with zero attached hydrogens (tertiary/aromatic N) is 1. The molecule has 1 aromatic heterocycles. The molecule has 22 heavy (non-hydrogen) atoms. The second kappa shape index (κ2) is 14.6. The number of anilines is 2. The number of hydrogen-bond acceptors (Lipinski definition) is 6. The molecule has 0 saturated heterocycles. The Kier molecular flexibility index (Phi) is 14.3. The third-order valence-electron chi connectivity index (χ3n) is 1.77. The van der Waals surface area contributed by atoms with Gasteiger partial charge in [0, 0.05) is 26.8 Å². The molecule has 2 N–H and O–H groups in total. The van der Waals surface area contributed by atoms with E-state index in [1.54, 1.807) is 27.3 Å². The first-order valence-corrected chi connectivity index (χ1v) is 6.07. The summed E-state index contributed by atoms with van der Waals surface area (Å²) in [6, 6.07) is 3.06. The lowest BCUT2D eigenvalue weighted by Gasteiger charge is -2.05. The largest absolute Gasteiger partial charge is 0.388 e. The monoisotopic (exact) mass is 307 g/mol. The molecule has 0 radical (unpaired) electrons. The summed E-state index contributed by atoms with van der Waals surface area (Å²) in [7, 11) is 4.93. The van der Waals surface area contributed by atoms with Crippen LogP contribution in [0.25, 0.3) is 0 Å². The Balaban J connectivity index is 0. The standard InChI is InChI=1S/C10H11N3O2.C3H4O.C2H6O/c1-3-10(15)13-9-5-7(6-14)4-8(11-2)12-9;1-2-3-4;1-3-2/h3-6H,1H2,2H3,(H2,11,12,13,15);2-3H,1H2;1-2H3. The fourth-order valence-corrected chi connectivity index (χ4v) is 0.989. The fraction of sp³-hybridized carbons (Fsp3) is 0.200. The summed E-state index contributed by atoms with van der Waals surface area (Å²) >= 11 is 0. The molecule has 0 aliphatic carbocycles. The average Bonchev–Trinajstić information content (AvgIpc) is 2.55. The van der Waals surface area contributed by atoms with Crippen molar-refractivity contribution in [2.75, 3.05) is 31.9 Å². The van der Waals surface area contributed by atoms with Crippen LogP contribution < -0.4 is 10.6 Å². The first-order valence-electron chi connectivity index (χ1n) is 6.07. The quantitative estimate of drug-likeness (QED) is 0.634. The van der Waals surface area contributed by atoms with Gasteiger partial charge < -0.3 is 15.4 Å². The number of allylic oxidation sites excluding steroid dienone is 1. The minimum atomic E-state index is -0.368. The number of hydrogen-bond donors (Lipinski definition) is 2. The molecule has 120 valence electrons. The lowest BCUT2D eigenvalue weighted by atomic mass is 10.2. The third kappa shape index (κ3) is 11.1. The van der Waals surface area contributed by atoms with Crippen molar-refractivity contribution in [3.05, 3.63) is 43.0 Å². The van der Waals surface area contributed by atoms with Crippen molar-refractivity contribution >= 4 is 30.1 Å². The zero-order chi connectivity index (χ0) is 17.4. The Hall–Kier alpha value is -2.80. The van der Waals surface area contributed by atoms with Gasteiger partial charge in [0.05, 0.1) is 0 Å². The molecule has 7 heteroatoms. The van der Waals surface area contributed by atoms with Gasteiger partial charge in [-0.2, -0.15) is 0 Å². The van der Waals surface area contributed by atoms with Crippen LogP contribution in [0.5, 0.6) is 0 Å². The molecular weight excluding hydrogens is 286 g/mol. The number of aldehydes is 2. The zero-order valence-electron chi connectivity index (χ0n) is 13.0. The van der Waals surface area contributed by atoms with Crippen LogP contribution in [-0.2, 0) is 14.3 Å². The van der Waals surface area contributed by atoms with Crippen LogP contribution in [0.4, 0.5) is 11.6 Å². The number of pyridine rings is 1. The van der Waals surface area contributed by atoms with Crippen LogP contribution in [-0.4, -0.2) is 44.7 Å². The van der Waals surface area contributed by atoms with E-state index in [1.807, 2.05) is 0 Å². The Morgan fingerprint density at radius 2 is 1.73 bits per heavy atom. The molecule has 0 bridgehead atoms. The smallest absolute Gasteiger partial charge is 0.248 e. The summed E-state index contributed by atoms with van der Waals surface area (Å²) < 4.78 is 4.25. The highest BCUT2D eigenvalue weighted by Gasteiger charge is 2.03. The first kappa shape index (κ1) is 21.5. The highest BCUT2D eigenvalue weighted by atomic mass is 16.4. The molecule has 0 spiro atoms. The zero-order valence-corrected chi connectivity index (χ0v) is 13.0. The predicted octanol–water partition coefficient (Wildman–Crippen LogP) is 1.69. The van der Waals surface area contributed by atoms with Crippen molar-refractivity contribution in [2.45, 2.75) is 0 Å². The van der Waals surface area contributed by atoms with Gasteiger partial charge in [-0.3, -0.25) is 14.4 Å². The molecule has 0 aliphatic rings. The van der Waals surface area contributed by atoms with Crippen molar-refractivity contribution in [3.63, 3.8) is 0 Å². The molecule has 1 aromatic rings. The van der Waals surface area contributed by atoms with Crippen LogP contribution in [0, 0.1) is 0 Å². The van der Waals surface area contributed by atoms with Gasteiger partial charge in [-0.15, -0.1) is 0 Å². The second-order valence-corrected chi connectivity index (χ2v) is 3.51. The number of rotatable bonds is 5. The van der Waals surface area contributed by atoms with Gasteiger partial charge >= 0.3 is 0 Å². The summed E-state index contributed by atoms with van der Waals surface area (Å²) in [4.78, 5) is 34.7. The Labute approximate surface area is 130 Å². The molecule has 0 saturated carbocycles. The van der Waals surface area contributed by atoms with Crippen molar-refractivity contribution in [1.82, 2.24) is 4.98 Å². The molecule has 0 aromatic carbocycles. The summed E-state index contributed by atoms with van der Waals surface area (Å²) in [5.41, 5.74) is 0.439. The number of carbonyl (C=O) groups excluding carboxylic acids is 3. The molecule has 1 amide bonds. The number of methoxy groups -OCH3 is 1. The lowest BCUT2D eigenvalue weighted by Crippen LogP contribution is -2.10. The molecular formula is C15H21N3O4. The second-order valence-electron chi connectivity index (χ2n) is 3.51. The van der Waals surface area contributed by atoms with Crippen LogP contribution in [0.1, 0.15) is 10.4 Å². The SMILES string of the molecule is C=CC(=O)Nc1cc(C=O)cc(NC)n1.C=CC=O.COC. The van der Waals surface area contributed by atoms with Gasteiger partial charge in [0.25, 0.3) is 0 Å². The van der Waals surface area contributed by atoms with Gasteiger partial charge in [0.2, 0.25) is 5.91 Å². The maximum Gasteiger partial charge on any atom is 0.248 e. The highest BCUT2D eigenvalue weighted by Crippen LogP contribution is 2.12. The molecule has 0 aliphatic heterocycles. The van der Waals surface area contributed by atoms with Crippen molar-refractivity contribution < 1.29 is 19.1 Å². The molecule has 0 fully saturated rings. The number of ether oxygens (including phenoxy) is 1. The van der Waals surface area contributed by atoms with Crippen LogP contribution in [0.15, 0.2) is 37.4 Å². The third-order valence-corrected chi connectivity index (χ3v) is 1.77. The minimum Gasteiger partial charge on any atom is -0.388 e. The van der Waals surface area contributed by atoms with Gasteiger partial charge in [-0.25, -0.2) is 4.98 Å². The van der Waals surface area contributed by atoms with E-state index >= 15 is 0 Å². The normalized spacial score (nSPS) is 7.95.